The highest BCUT2D eigenvalue weighted by atomic mass is 35.5. The molecule has 1 atom stereocenters. The van der Waals surface area contributed by atoms with Crippen LogP contribution in [0.15, 0.2) is 36.4 Å². The highest BCUT2D eigenvalue weighted by Gasteiger charge is 2.07. The predicted octanol–water partition coefficient (Wildman–Crippen LogP) is 4.12. The second kappa shape index (κ2) is 6.62. The van der Waals surface area contributed by atoms with Gasteiger partial charge in [0.1, 0.15) is 12.4 Å². The minimum atomic E-state index is 0.00530. The molecule has 3 nitrogen and oxygen atoms in total. The number of benzene rings is 2. The van der Waals surface area contributed by atoms with Gasteiger partial charge < -0.3 is 10.5 Å². The van der Waals surface area contributed by atoms with Gasteiger partial charge in [-0.15, -0.1) is 0 Å². The van der Waals surface area contributed by atoms with Crippen molar-refractivity contribution in [1.29, 1.82) is 5.26 Å². The Balaban J connectivity index is 2.12. The van der Waals surface area contributed by atoms with Crippen LogP contribution in [-0.4, -0.2) is 0 Å². The van der Waals surface area contributed by atoms with Crippen LogP contribution in [0.3, 0.4) is 0 Å². The van der Waals surface area contributed by atoms with Crippen LogP contribution in [-0.2, 0) is 6.61 Å². The van der Waals surface area contributed by atoms with Crippen molar-refractivity contribution < 1.29 is 4.74 Å². The summed E-state index contributed by atoms with van der Waals surface area (Å²) in [5.41, 5.74) is 9.37. The van der Waals surface area contributed by atoms with Gasteiger partial charge in [-0.1, -0.05) is 29.8 Å². The zero-order chi connectivity index (χ0) is 15.4. The quantitative estimate of drug-likeness (QED) is 0.924. The second-order valence-electron chi connectivity index (χ2n) is 5.02. The molecule has 0 heterocycles. The van der Waals surface area contributed by atoms with Crippen molar-refractivity contribution in [3.05, 3.63) is 63.7 Å². The normalized spacial score (nSPS) is 11.8. The lowest BCUT2D eigenvalue weighted by Gasteiger charge is -2.13. The third kappa shape index (κ3) is 3.75. The van der Waals surface area contributed by atoms with Gasteiger partial charge in [-0.05, 0) is 43.2 Å². The number of hydrogen-bond acceptors (Lipinski definition) is 3. The van der Waals surface area contributed by atoms with E-state index >= 15 is 0 Å². The number of rotatable bonds is 4. The lowest BCUT2D eigenvalue weighted by molar-refractivity contribution is 0.304. The van der Waals surface area contributed by atoms with Crippen LogP contribution in [0, 0.1) is 18.3 Å². The highest BCUT2D eigenvalue weighted by molar-refractivity contribution is 6.31. The summed E-state index contributed by atoms with van der Waals surface area (Å²) in [6.07, 6.45) is 0. The summed E-state index contributed by atoms with van der Waals surface area (Å²) in [6, 6.07) is 13.2. The van der Waals surface area contributed by atoms with E-state index in [-0.39, 0.29) is 6.04 Å². The molecule has 0 unspecified atom stereocenters. The average molecular weight is 301 g/mol. The van der Waals surface area contributed by atoms with Crippen LogP contribution in [0.5, 0.6) is 5.75 Å². The molecule has 0 aliphatic heterocycles. The van der Waals surface area contributed by atoms with E-state index in [4.69, 9.17) is 27.3 Å². The Labute approximate surface area is 129 Å². The Bertz CT molecular complexity index is 690. The Morgan fingerprint density at radius 3 is 2.62 bits per heavy atom. The molecule has 2 aromatic carbocycles. The third-order valence-electron chi connectivity index (χ3n) is 3.29. The fraction of sp³-hybridized carbons (Fsp3) is 0.235. The molecule has 2 rings (SSSR count). The summed E-state index contributed by atoms with van der Waals surface area (Å²) in [6.45, 7) is 4.30. The number of nitrogens with zero attached hydrogens (tertiary/aromatic N) is 1. The topological polar surface area (TPSA) is 59.0 Å². The fourth-order valence-corrected chi connectivity index (χ4v) is 2.24. The van der Waals surface area contributed by atoms with Gasteiger partial charge in [-0.25, -0.2) is 0 Å². The number of halogens is 1. The maximum Gasteiger partial charge on any atom is 0.122 e. The lowest BCUT2D eigenvalue weighted by atomic mass is 10.1. The van der Waals surface area contributed by atoms with Crippen molar-refractivity contribution in [3.63, 3.8) is 0 Å². The van der Waals surface area contributed by atoms with Gasteiger partial charge in [0, 0.05) is 16.6 Å². The van der Waals surface area contributed by atoms with Crippen LogP contribution in [0.4, 0.5) is 0 Å². The van der Waals surface area contributed by atoms with Crippen molar-refractivity contribution in [1.82, 2.24) is 0 Å². The van der Waals surface area contributed by atoms with Gasteiger partial charge in [0.25, 0.3) is 0 Å². The Hall–Kier alpha value is -2.02. The summed E-state index contributed by atoms with van der Waals surface area (Å²) in [7, 11) is 0. The maximum atomic E-state index is 8.82. The summed E-state index contributed by atoms with van der Waals surface area (Å²) >= 11 is 6.13. The molecule has 0 amide bonds. The minimum Gasteiger partial charge on any atom is -0.489 e. The first-order valence-electron chi connectivity index (χ1n) is 6.68. The summed E-state index contributed by atoms with van der Waals surface area (Å²) < 4.78 is 5.80. The van der Waals surface area contributed by atoms with Crippen molar-refractivity contribution >= 4 is 11.6 Å². The van der Waals surface area contributed by atoms with E-state index in [1.165, 1.54) is 0 Å². The molecule has 0 saturated carbocycles. The van der Waals surface area contributed by atoms with Gasteiger partial charge in [0.05, 0.1) is 11.6 Å². The van der Waals surface area contributed by atoms with Crippen molar-refractivity contribution in [2.75, 3.05) is 0 Å². The molecule has 2 aromatic rings. The second-order valence-corrected chi connectivity index (χ2v) is 5.43. The van der Waals surface area contributed by atoms with E-state index in [0.717, 1.165) is 22.4 Å². The Morgan fingerprint density at radius 2 is 2.05 bits per heavy atom. The first kappa shape index (κ1) is 15.4. The van der Waals surface area contributed by atoms with Gasteiger partial charge in [-0.2, -0.15) is 5.26 Å². The van der Waals surface area contributed by atoms with Crippen LogP contribution in [0.1, 0.15) is 35.2 Å². The zero-order valence-electron chi connectivity index (χ0n) is 12.1. The summed E-state index contributed by atoms with van der Waals surface area (Å²) in [4.78, 5) is 0. The number of nitrogens with two attached hydrogens (primary N) is 1. The van der Waals surface area contributed by atoms with Crippen molar-refractivity contribution in [2.24, 2.45) is 5.73 Å². The standard InChI is InChI=1S/C17H17ClN2O/c1-11-7-14(12(2)20)5-6-17(11)21-10-15-4-3-13(9-19)8-16(15)18/h3-8,12H,10,20H2,1-2H3/t12-/m1/s1. The largest absolute Gasteiger partial charge is 0.489 e. The maximum absolute atomic E-state index is 8.82. The summed E-state index contributed by atoms with van der Waals surface area (Å²) in [5, 5.41) is 9.36. The van der Waals surface area contributed by atoms with Crippen molar-refractivity contribution in [3.8, 4) is 11.8 Å². The Kier molecular flexibility index (Phi) is 4.85. The monoisotopic (exact) mass is 300 g/mol. The number of ether oxygens (including phenoxy) is 1. The smallest absolute Gasteiger partial charge is 0.122 e. The van der Waals surface area contributed by atoms with E-state index in [9.17, 15) is 0 Å². The van der Waals surface area contributed by atoms with E-state index in [1.54, 1.807) is 12.1 Å². The van der Waals surface area contributed by atoms with Gasteiger partial charge in [-0.3, -0.25) is 0 Å². The molecule has 0 aliphatic carbocycles. The lowest BCUT2D eigenvalue weighted by Crippen LogP contribution is -2.05. The molecule has 0 spiro atoms. The molecule has 21 heavy (non-hydrogen) atoms. The van der Waals surface area contributed by atoms with Gasteiger partial charge >= 0.3 is 0 Å². The zero-order valence-corrected chi connectivity index (χ0v) is 12.8. The SMILES string of the molecule is Cc1cc([C@@H](C)N)ccc1OCc1ccc(C#N)cc1Cl. The molecule has 0 bridgehead atoms. The molecule has 0 saturated heterocycles. The van der Waals surface area contributed by atoms with E-state index < -0.39 is 0 Å². The van der Waals surface area contributed by atoms with E-state index in [0.29, 0.717) is 17.2 Å². The van der Waals surface area contributed by atoms with Gasteiger partial charge in [0.2, 0.25) is 0 Å². The van der Waals surface area contributed by atoms with Crippen molar-refractivity contribution in [2.45, 2.75) is 26.5 Å². The van der Waals surface area contributed by atoms with Crippen LogP contribution < -0.4 is 10.5 Å². The van der Waals surface area contributed by atoms with Gasteiger partial charge in [0.15, 0.2) is 0 Å². The highest BCUT2D eigenvalue weighted by Crippen LogP contribution is 2.24. The van der Waals surface area contributed by atoms with Crippen LogP contribution in [0.2, 0.25) is 5.02 Å². The molecule has 0 fully saturated rings. The van der Waals surface area contributed by atoms with E-state index in [1.807, 2.05) is 38.1 Å². The summed E-state index contributed by atoms with van der Waals surface area (Å²) in [5.74, 6) is 0.805. The van der Waals surface area contributed by atoms with Crippen LogP contribution >= 0.6 is 11.6 Å². The first-order chi connectivity index (χ1) is 10.0. The number of hydrogen-bond donors (Lipinski definition) is 1. The minimum absolute atomic E-state index is 0.00530. The molecule has 108 valence electrons. The fourth-order valence-electron chi connectivity index (χ4n) is 2.01. The number of nitriles is 1. The molecule has 0 aliphatic rings. The molecule has 2 N–H and O–H groups in total. The molecular formula is C17H17ClN2O. The molecule has 0 aromatic heterocycles. The first-order valence-corrected chi connectivity index (χ1v) is 7.06. The third-order valence-corrected chi connectivity index (χ3v) is 3.64. The number of aryl methyl sites for hydroxylation is 1. The average Bonchev–Trinajstić information content (AvgIpc) is 2.46. The molecule has 4 heteroatoms. The molecule has 0 radical (unpaired) electrons. The molecular weight excluding hydrogens is 284 g/mol. The predicted molar refractivity (Wildman–Crippen MR) is 84.3 cm³/mol. The van der Waals surface area contributed by atoms with E-state index in [2.05, 4.69) is 6.07 Å². The Morgan fingerprint density at radius 1 is 1.29 bits per heavy atom. The van der Waals surface area contributed by atoms with Crippen LogP contribution in [0.25, 0.3) is 0 Å².